The maximum Gasteiger partial charge on any atom is 0.417 e. The molecule has 0 radical (unpaired) electrons. The first-order valence-electron chi connectivity index (χ1n) is 19.6. The first-order chi connectivity index (χ1) is 28.6. The second-order valence-electron chi connectivity index (χ2n) is 16.0. The SMILES string of the molecule is Cc1cc([C@H]2C3=CC[C@@H]4C(=O)N(c5ccc(N6CCOCC6)cc5)C(=O)[C@@H]4[C@@H]3C[C@H]3C(=O)N(Nc4ncc(C(F)(F)F)cc4Cl)C(=O)[C@@]23c2ccc(Cl)cc2)cc(C)c1O. The Hall–Kier alpha value is -5.44. The van der Waals surface area contributed by atoms with Crippen LogP contribution in [0.1, 0.15) is 46.6 Å². The molecule has 9 rings (SSSR count). The van der Waals surface area contributed by atoms with Crippen LogP contribution in [0.3, 0.4) is 0 Å². The van der Waals surface area contributed by atoms with E-state index in [1.54, 1.807) is 62.4 Å². The van der Waals surface area contributed by atoms with Crippen molar-refractivity contribution in [3.8, 4) is 5.75 Å². The molecule has 4 heterocycles. The van der Waals surface area contributed by atoms with Crippen LogP contribution in [0.15, 0.2) is 84.6 Å². The molecule has 4 aromatic rings. The highest BCUT2D eigenvalue weighted by Crippen LogP contribution is 2.64. The van der Waals surface area contributed by atoms with Crippen molar-refractivity contribution < 1.29 is 42.2 Å². The number of morpholine rings is 1. The first kappa shape index (κ1) is 40.0. The minimum atomic E-state index is -4.75. The fourth-order valence-electron chi connectivity index (χ4n) is 10.2. The standard InChI is InChI=1S/C44H38Cl2F3N5O6/c1-22-17-24(18-23(2)37(22)55)36-30-11-12-31-35(41(58)53(39(31)56)29-9-7-28(8-10-29)52-13-15-60-16-14-52)32(30)20-33-40(57)54(42(59)43(33,36)25-3-5-27(45)6-4-25)51-38-34(46)19-26(21-50-38)44(47,48)49/h3-11,17-19,21,31-33,35-36,55H,12-16,20H2,1-2H3,(H,50,51)/t31-,32+,33-,35-,36-,43+/m0/s1. The summed E-state index contributed by atoms with van der Waals surface area (Å²) in [6.45, 7) is 6.05. The Morgan fingerprint density at radius 1 is 0.867 bits per heavy atom. The summed E-state index contributed by atoms with van der Waals surface area (Å²) in [5, 5.41) is 11.6. The third kappa shape index (κ3) is 6.16. The summed E-state index contributed by atoms with van der Waals surface area (Å²) >= 11 is 12.7. The number of carbonyl (C=O) groups is 4. The summed E-state index contributed by atoms with van der Waals surface area (Å²) in [5.41, 5.74) is 3.90. The molecule has 3 saturated heterocycles. The largest absolute Gasteiger partial charge is 0.507 e. The molecule has 60 heavy (non-hydrogen) atoms. The maximum absolute atomic E-state index is 15.5. The number of aryl methyl sites for hydroxylation is 2. The molecule has 11 nitrogen and oxygen atoms in total. The zero-order valence-electron chi connectivity index (χ0n) is 32.3. The predicted octanol–water partition coefficient (Wildman–Crippen LogP) is 7.76. The second-order valence-corrected chi connectivity index (χ2v) is 16.9. The van der Waals surface area contributed by atoms with Gasteiger partial charge in [0.25, 0.3) is 11.8 Å². The van der Waals surface area contributed by atoms with E-state index in [2.05, 4.69) is 15.3 Å². The van der Waals surface area contributed by atoms with Gasteiger partial charge in [-0.05, 0) is 97.3 Å². The van der Waals surface area contributed by atoms with Crippen LogP contribution in [0.2, 0.25) is 10.0 Å². The van der Waals surface area contributed by atoms with Gasteiger partial charge in [0, 0.05) is 35.9 Å². The number of benzene rings is 3. The van der Waals surface area contributed by atoms with Crippen LogP contribution in [0.4, 0.5) is 30.4 Å². The lowest BCUT2D eigenvalue weighted by molar-refractivity contribution is -0.139. The van der Waals surface area contributed by atoms with Gasteiger partial charge in [0.15, 0.2) is 5.82 Å². The Kier molecular flexibility index (Phi) is 9.75. The van der Waals surface area contributed by atoms with Gasteiger partial charge < -0.3 is 14.7 Å². The molecule has 5 aliphatic rings. The third-order valence-corrected chi connectivity index (χ3v) is 13.4. The fourth-order valence-corrected chi connectivity index (χ4v) is 10.5. The van der Waals surface area contributed by atoms with Gasteiger partial charge in [0.2, 0.25) is 11.8 Å². The number of aromatic nitrogens is 1. The molecule has 1 saturated carbocycles. The highest BCUT2D eigenvalue weighted by atomic mass is 35.5. The number of hydrogen-bond acceptors (Lipinski definition) is 9. The minimum Gasteiger partial charge on any atom is -0.507 e. The van der Waals surface area contributed by atoms with E-state index < -0.39 is 69.5 Å². The highest BCUT2D eigenvalue weighted by Gasteiger charge is 2.70. The van der Waals surface area contributed by atoms with E-state index in [-0.39, 0.29) is 30.3 Å². The van der Waals surface area contributed by atoms with Crippen molar-refractivity contribution >= 4 is 64.0 Å². The number of hydrazine groups is 1. The van der Waals surface area contributed by atoms with E-state index in [1.165, 1.54) is 4.90 Å². The van der Waals surface area contributed by atoms with Crippen molar-refractivity contribution in [1.29, 1.82) is 0 Å². The summed E-state index contributed by atoms with van der Waals surface area (Å²) < 4.78 is 46.2. The number of fused-ring (bicyclic) bond motifs is 4. The van der Waals surface area contributed by atoms with Crippen molar-refractivity contribution in [1.82, 2.24) is 9.99 Å². The number of phenols is 1. The van der Waals surface area contributed by atoms with Crippen molar-refractivity contribution in [2.45, 2.75) is 44.2 Å². The van der Waals surface area contributed by atoms with E-state index in [1.807, 2.05) is 18.2 Å². The van der Waals surface area contributed by atoms with Crippen LogP contribution >= 0.6 is 23.2 Å². The van der Waals surface area contributed by atoms with Crippen molar-refractivity contribution in [3.05, 3.63) is 122 Å². The molecule has 3 aromatic carbocycles. The summed E-state index contributed by atoms with van der Waals surface area (Å²) in [7, 11) is 0. The lowest BCUT2D eigenvalue weighted by Gasteiger charge is -2.50. The Bertz CT molecular complexity index is 2470. The van der Waals surface area contributed by atoms with Crippen LogP contribution in [0.25, 0.3) is 0 Å². The number of pyridine rings is 1. The van der Waals surface area contributed by atoms with Crippen LogP contribution in [0.5, 0.6) is 5.75 Å². The molecule has 2 aliphatic carbocycles. The molecule has 3 aliphatic heterocycles. The number of aromatic hydroxyl groups is 1. The summed E-state index contributed by atoms with van der Waals surface area (Å²) in [4.78, 5) is 66.8. The number of alkyl halides is 3. The number of anilines is 3. The van der Waals surface area contributed by atoms with E-state index in [0.717, 1.165) is 10.7 Å². The molecule has 0 unspecified atom stereocenters. The molecule has 4 fully saturated rings. The highest BCUT2D eigenvalue weighted by molar-refractivity contribution is 6.33. The number of imide groups is 2. The topological polar surface area (TPSA) is 132 Å². The molecule has 6 atom stereocenters. The number of phenolic OH excluding ortho intramolecular Hbond substituents is 1. The van der Waals surface area contributed by atoms with E-state index in [0.29, 0.717) is 77.1 Å². The Labute approximate surface area is 352 Å². The van der Waals surface area contributed by atoms with Gasteiger partial charge >= 0.3 is 6.18 Å². The number of nitrogens with one attached hydrogen (secondary N) is 1. The molecular weight excluding hydrogens is 822 g/mol. The number of halogens is 5. The third-order valence-electron chi connectivity index (χ3n) is 12.9. The van der Waals surface area contributed by atoms with E-state index in [4.69, 9.17) is 27.9 Å². The van der Waals surface area contributed by atoms with Gasteiger partial charge in [-0.3, -0.25) is 29.5 Å². The number of rotatable bonds is 6. The number of amides is 4. The molecule has 16 heteroatoms. The van der Waals surface area contributed by atoms with E-state index in [9.17, 15) is 32.7 Å². The molecule has 0 bridgehead atoms. The Balaban J connectivity index is 1.17. The Morgan fingerprint density at radius 2 is 1.52 bits per heavy atom. The maximum atomic E-state index is 15.5. The first-order valence-corrected chi connectivity index (χ1v) is 20.3. The van der Waals surface area contributed by atoms with Gasteiger partial charge in [-0.1, -0.05) is 59.1 Å². The quantitative estimate of drug-likeness (QED) is 0.148. The van der Waals surface area contributed by atoms with Gasteiger partial charge in [-0.15, -0.1) is 0 Å². The zero-order valence-corrected chi connectivity index (χ0v) is 33.8. The zero-order chi connectivity index (χ0) is 42.4. The van der Waals surface area contributed by atoms with Crippen molar-refractivity contribution in [2.75, 3.05) is 41.5 Å². The Morgan fingerprint density at radius 3 is 2.15 bits per heavy atom. The fraction of sp³-hybridized carbons (Fsp3) is 0.341. The van der Waals surface area contributed by atoms with Gasteiger partial charge in [-0.2, -0.15) is 18.2 Å². The monoisotopic (exact) mass is 859 g/mol. The number of ether oxygens (including phenoxy) is 1. The minimum absolute atomic E-state index is 0.0259. The number of nitrogens with zero attached hydrogens (tertiary/aromatic N) is 4. The molecule has 1 aromatic heterocycles. The van der Waals surface area contributed by atoms with Crippen molar-refractivity contribution in [2.24, 2.45) is 23.7 Å². The lowest BCUT2D eigenvalue weighted by atomic mass is 9.49. The smallest absolute Gasteiger partial charge is 0.417 e. The molecule has 4 amide bonds. The molecule has 310 valence electrons. The number of carbonyl (C=O) groups excluding carboxylic acids is 4. The number of hydrogen-bond donors (Lipinski definition) is 2. The van der Waals surface area contributed by atoms with Crippen LogP contribution in [-0.4, -0.2) is 65.0 Å². The van der Waals surface area contributed by atoms with Crippen LogP contribution in [0, 0.1) is 37.5 Å². The summed E-state index contributed by atoms with van der Waals surface area (Å²) in [5.74, 6) is -6.94. The second kappa shape index (κ2) is 14.6. The van der Waals surface area contributed by atoms with Gasteiger partial charge in [-0.25, -0.2) is 4.98 Å². The van der Waals surface area contributed by atoms with Crippen molar-refractivity contribution in [3.63, 3.8) is 0 Å². The summed E-state index contributed by atoms with van der Waals surface area (Å²) in [6, 6.07) is 18.0. The molecule has 0 spiro atoms. The van der Waals surface area contributed by atoms with Crippen LogP contribution < -0.4 is 15.2 Å². The number of allylic oxidation sites excluding steroid dienone is 2. The van der Waals surface area contributed by atoms with Gasteiger partial charge in [0.1, 0.15) is 5.75 Å². The summed E-state index contributed by atoms with van der Waals surface area (Å²) in [6.07, 6.45) is -2.12. The van der Waals surface area contributed by atoms with Crippen LogP contribution in [-0.2, 0) is 35.5 Å². The lowest BCUT2D eigenvalue weighted by Crippen LogP contribution is -2.53. The molecular formula is C44H38Cl2F3N5O6. The average Bonchev–Trinajstić information content (AvgIpc) is 3.61. The van der Waals surface area contributed by atoms with E-state index >= 15 is 4.79 Å². The average molecular weight is 861 g/mol. The molecule has 2 N–H and O–H groups in total. The normalized spacial score (nSPS) is 26.6. The predicted molar refractivity (Wildman–Crippen MR) is 216 cm³/mol. The van der Waals surface area contributed by atoms with Gasteiger partial charge in [0.05, 0.1) is 52.7 Å².